The van der Waals surface area contributed by atoms with Crippen LogP contribution in [0.4, 0.5) is 10.4 Å². The Bertz CT molecular complexity index is 985. The van der Waals surface area contributed by atoms with Crippen molar-refractivity contribution >= 4 is 16.8 Å². The van der Waals surface area contributed by atoms with Crippen molar-refractivity contribution in [1.82, 2.24) is 15.2 Å². The van der Waals surface area contributed by atoms with E-state index in [-0.39, 0.29) is 0 Å². The number of halogens is 1. The number of pyridine rings is 1. The van der Waals surface area contributed by atoms with Crippen LogP contribution in [0.25, 0.3) is 22.2 Å². The average Bonchev–Trinajstić information content (AvgIpc) is 3.09. The number of benzene rings is 2. The summed E-state index contributed by atoms with van der Waals surface area (Å²) in [6, 6.07) is 17.1. The molecule has 6 heteroatoms. The molecule has 0 aliphatic rings. The second-order valence-corrected chi connectivity index (χ2v) is 5.32. The fraction of sp³-hybridized carbons (Fsp3) is 0.0556. The first kappa shape index (κ1) is 14.3. The van der Waals surface area contributed by atoms with Crippen molar-refractivity contribution in [2.24, 2.45) is 0 Å². The normalized spacial score (nSPS) is 10.9. The van der Waals surface area contributed by atoms with Crippen LogP contribution >= 0.6 is 0 Å². The summed E-state index contributed by atoms with van der Waals surface area (Å²) in [6.07, 6.45) is 1.50. The summed E-state index contributed by atoms with van der Waals surface area (Å²) < 4.78 is 18.9. The maximum atomic E-state index is 13.3. The molecular formula is C18H13FN4O. The van der Waals surface area contributed by atoms with E-state index in [4.69, 9.17) is 4.42 Å². The first-order valence-electron chi connectivity index (χ1n) is 7.45. The minimum Gasteiger partial charge on any atom is -0.403 e. The molecule has 4 rings (SSSR count). The van der Waals surface area contributed by atoms with Gasteiger partial charge in [0.1, 0.15) is 0 Å². The highest BCUT2D eigenvalue weighted by Crippen LogP contribution is 2.24. The molecule has 0 spiro atoms. The third-order valence-corrected chi connectivity index (χ3v) is 3.65. The van der Waals surface area contributed by atoms with Crippen molar-refractivity contribution in [2.75, 3.05) is 5.32 Å². The molecule has 2 aromatic heterocycles. The van der Waals surface area contributed by atoms with Gasteiger partial charge in [0.25, 0.3) is 0 Å². The van der Waals surface area contributed by atoms with E-state index in [1.807, 2.05) is 42.5 Å². The van der Waals surface area contributed by atoms with Crippen LogP contribution in [0.1, 0.15) is 5.56 Å². The molecular weight excluding hydrogens is 307 g/mol. The van der Waals surface area contributed by atoms with E-state index in [2.05, 4.69) is 20.5 Å². The molecule has 1 N–H and O–H groups in total. The van der Waals surface area contributed by atoms with Crippen molar-refractivity contribution in [2.45, 2.75) is 6.54 Å². The predicted octanol–water partition coefficient (Wildman–Crippen LogP) is 4.04. The summed E-state index contributed by atoms with van der Waals surface area (Å²) in [4.78, 5) is 3.64. The first-order valence-corrected chi connectivity index (χ1v) is 7.45. The molecule has 0 radical (unpaired) electrons. The van der Waals surface area contributed by atoms with Crippen molar-refractivity contribution in [3.8, 4) is 11.5 Å². The Morgan fingerprint density at radius 2 is 1.83 bits per heavy atom. The highest BCUT2D eigenvalue weighted by atomic mass is 19.1. The number of nitrogens with zero attached hydrogens (tertiary/aromatic N) is 3. The van der Waals surface area contributed by atoms with Gasteiger partial charge in [0.2, 0.25) is 11.8 Å². The standard InChI is InChI=1S/C18H13FN4O/c19-16-9-15-8-13(6-7-14(15)11-20-16)17-22-23-18(24-17)21-10-12-4-2-1-3-5-12/h1-9,11H,10H2,(H,21,23). The Labute approximate surface area is 137 Å². The zero-order valence-electron chi connectivity index (χ0n) is 12.6. The maximum absolute atomic E-state index is 13.3. The Kier molecular flexibility index (Phi) is 3.63. The number of fused-ring (bicyclic) bond motifs is 1. The molecule has 0 fully saturated rings. The Morgan fingerprint density at radius 1 is 0.958 bits per heavy atom. The minimum atomic E-state index is -0.518. The number of anilines is 1. The summed E-state index contributed by atoms with van der Waals surface area (Å²) in [5.41, 5.74) is 1.85. The molecule has 4 aromatic rings. The van der Waals surface area contributed by atoms with Crippen LogP contribution in [0, 0.1) is 5.95 Å². The number of hydrogen-bond donors (Lipinski definition) is 1. The van der Waals surface area contributed by atoms with Crippen LogP contribution in [0.15, 0.2) is 65.2 Å². The van der Waals surface area contributed by atoms with Gasteiger partial charge in [-0.2, -0.15) is 4.39 Å². The molecule has 118 valence electrons. The summed E-state index contributed by atoms with van der Waals surface area (Å²) in [6.45, 7) is 0.594. The molecule has 2 aromatic carbocycles. The summed E-state index contributed by atoms with van der Waals surface area (Å²) in [5, 5.41) is 12.7. The van der Waals surface area contributed by atoms with E-state index < -0.39 is 5.95 Å². The number of aromatic nitrogens is 3. The lowest BCUT2D eigenvalue weighted by Gasteiger charge is -2.01. The van der Waals surface area contributed by atoms with Gasteiger partial charge in [0.15, 0.2) is 0 Å². The lowest BCUT2D eigenvalue weighted by atomic mass is 10.1. The monoisotopic (exact) mass is 320 g/mol. The van der Waals surface area contributed by atoms with E-state index in [1.54, 1.807) is 6.07 Å². The largest absolute Gasteiger partial charge is 0.403 e. The van der Waals surface area contributed by atoms with Gasteiger partial charge in [0, 0.05) is 29.8 Å². The molecule has 0 saturated heterocycles. The summed E-state index contributed by atoms with van der Waals surface area (Å²) >= 11 is 0. The molecule has 0 unspecified atom stereocenters. The van der Waals surface area contributed by atoms with Gasteiger partial charge in [0.05, 0.1) is 0 Å². The average molecular weight is 320 g/mol. The van der Waals surface area contributed by atoms with Crippen molar-refractivity contribution in [1.29, 1.82) is 0 Å². The van der Waals surface area contributed by atoms with Crippen LogP contribution in [0.3, 0.4) is 0 Å². The zero-order chi connectivity index (χ0) is 16.4. The quantitative estimate of drug-likeness (QED) is 0.575. The maximum Gasteiger partial charge on any atom is 0.316 e. The fourth-order valence-electron chi connectivity index (χ4n) is 2.43. The van der Waals surface area contributed by atoms with Gasteiger partial charge < -0.3 is 9.73 Å². The predicted molar refractivity (Wildman–Crippen MR) is 88.8 cm³/mol. The molecule has 24 heavy (non-hydrogen) atoms. The molecule has 0 amide bonds. The smallest absolute Gasteiger partial charge is 0.316 e. The van der Waals surface area contributed by atoms with Crippen LogP contribution in [-0.4, -0.2) is 15.2 Å². The molecule has 0 aliphatic heterocycles. The second kappa shape index (κ2) is 6.08. The minimum absolute atomic E-state index is 0.342. The summed E-state index contributed by atoms with van der Waals surface area (Å²) in [7, 11) is 0. The van der Waals surface area contributed by atoms with Gasteiger partial charge in [-0.1, -0.05) is 41.5 Å². The van der Waals surface area contributed by atoms with Crippen molar-refractivity contribution in [3.05, 3.63) is 72.3 Å². The van der Waals surface area contributed by atoms with Crippen LogP contribution < -0.4 is 5.32 Å². The number of rotatable bonds is 4. The molecule has 2 heterocycles. The molecule has 0 atom stereocenters. The van der Waals surface area contributed by atoms with Crippen molar-refractivity contribution < 1.29 is 8.81 Å². The van der Waals surface area contributed by atoms with E-state index in [0.717, 1.165) is 21.9 Å². The van der Waals surface area contributed by atoms with E-state index in [0.29, 0.717) is 18.5 Å². The Morgan fingerprint density at radius 3 is 2.71 bits per heavy atom. The van der Waals surface area contributed by atoms with Gasteiger partial charge in [-0.05, 0) is 23.1 Å². The molecule has 0 saturated carbocycles. The van der Waals surface area contributed by atoms with Gasteiger partial charge in [-0.25, -0.2) is 4.98 Å². The number of nitrogens with one attached hydrogen (secondary N) is 1. The molecule has 5 nitrogen and oxygen atoms in total. The highest BCUT2D eigenvalue weighted by molar-refractivity contribution is 5.85. The topological polar surface area (TPSA) is 63.8 Å². The van der Waals surface area contributed by atoms with Gasteiger partial charge >= 0.3 is 6.01 Å². The van der Waals surface area contributed by atoms with Gasteiger partial charge in [-0.3, -0.25) is 0 Å². The van der Waals surface area contributed by atoms with E-state index >= 15 is 0 Å². The second-order valence-electron chi connectivity index (χ2n) is 5.32. The summed E-state index contributed by atoms with van der Waals surface area (Å²) in [5.74, 6) is -0.139. The SMILES string of the molecule is Fc1cc2cc(-c3nnc(NCc4ccccc4)o3)ccc2cn1. The fourth-order valence-corrected chi connectivity index (χ4v) is 2.43. The molecule has 0 aliphatic carbocycles. The van der Waals surface area contributed by atoms with E-state index in [1.165, 1.54) is 12.3 Å². The Balaban J connectivity index is 1.56. The lowest BCUT2D eigenvalue weighted by molar-refractivity contribution is 0.580. The van der Waals surface area contributed by atoms with Crippen LogP contribution in [-0.2, 0) is 6.54 Å². The Hall–Kier alpha value is -3.28. The third-order valence-electron chi connectivity index (χ3n) is 3.65. The zero-order valence-corrected chi connectivity index (χ0v) is 12.6. The van der Waals surface area contributed by atoms with E-state index in [9.17, 15) is 4.39 Å². The van der Waals surface area contributed by atoms with Gasteiger partial charge in [-0.15, -0.1) is 5.10 Å². The highest BCUT2D eigenvalue weighted by Gasteiger charge is 2.09. The van der Waals surface area contributed by atoms with Crippen molar-refractivity contribution in [3.63, 3.8) is 0 Å². The van der Waals surface area contributed by atoms with Crippen LogP contribution in [0.5, 0.6) is 0 Å². The lowest BCUT2D eigenvalue weighted by Crippen LogP contribution is -1.98. The molecule has 0 bridgehead atoms. The van der Waals surface area contributed by atoms with Crippen LogP contribution in [0.2, 0.25) is 0 Å². The third kappa shape index (κ3) is 2.94. The first-order chi connectivity index (χ1) is 11.8. The number of hydrogen-bond acceptors (Lipinski definition) is 5.